The highest BCUT2D eigenvalue weighted by Gasteiger charge is 2.14. The predicted octanol–water partition coefficient (Wildman–Crippen LogP) is 18.3. The van der Waals surface area contributed by atoms with Gasteiger partial charge in [0, 0.05) is 92.8 Å². The zero-order valence-corrected chi connectivity index (χ0v) is 55.2. The van der Waals surface area contributed by atoms with Gasteiger partial charge in [-0.3, -0.25) is 19.9 Å². The van der Waals surface area contributed by atoms with Gasteiger partial charge in [0.05, 0.1) is 11.4 Å². The van der Waals surface area contributed by atoms with Gasteiger partial charge in [0.1, 0.15) is 23.3 Å². The minimum atomic E-state index is 0.637. The molecular weight excluding hydrogens is 1230 g/mol. The summed E-state index contributed by atoms with van der Waals surface area (Å²) in [5, 5.41) is 0. The van der Waals surface area contributed by atoms with Gasteiger partial charge in [-0.1, -0.05) is 224 Å². The van der Waals surface area contributed by atoms with E-state index in [0.717, 1.165) is 72.6 Å². The van der Waals surface area contributed by atoms with Crippen LogP contribution in [0.25, 0.3) is 136 Å². The van der Waals surface area contributed by atoms with Gasteiger partial charge in [-0.25, -0.2) is 59.8 Å². The van der Waals surface area contributed by atoms with Crippen LogP contribution in [-0.2, 0) is 0 Å². The van der Waals surface area contributed by atoms with Crippen LogP contribution in [0.2, 0.25) is 0 Å². The van der Waals surface area contributed by atoms with Crippen LogP contribution in [0.5, 0.6) is 0 Å². The molecule has 0 aliphatic heterocycles. The normalized spacial score (nSPS) is 10.6. The van der Waals surface area contributed by atoms with E-state index in [9.17, 15) is 0 Å². The Bertz CT molecular complexity index is 4890. The molecule has 16 nitrogen and oxygen atoms in total. The van der Waals surface area contributed by atoms with E-state index < -0.39 is 0 Å². The molecule has 0 unspecified atom stereocenters. The Balaban J connectivity index is 0.000000119. The predicted molar refractivity (Wildman–Crippen MR) is 395 cm³/mol. The van der Waals surface area contributed by atoms with E-state index in [1.807, 2.05) is 264 Å². The second kappa shape index (κ2) is 31.8. The highest BCUT2D eigenvalue weighted by Crippen LogP contribution is 2.30. The summed E-state index contributed by atoms with van der Waals surface area (Å²) in [5.74, 6) is 8.16. The molecule has 0 aliphatic carbocycles. The average molecular weight is 1300 g/mol. The van der Waals surface area contributed by atoms with Gasteiger partial charge in [0.25, 0.3) is 0 Å². The maximum atomic E-state index is 4.66. The largest absolute Gasteiger partial charge is 0.265 e. The van der Waals surface area contributed by atoms with E-state index in [2.05, 4.69) is 128 Å². The molecule has 16 heteroatoms. The van der Waals surface area contributed by atoms with Crippen LogP contribution in [0.15, 0.2) is 316 Å². The molecule has 0 fully saturated rings. The summed E-state index contributed by atoms with van der Waals surface area (Å²) >= 11 is 0. The number of aryl methyl sites for hydroxylation is 4. The van der Waals surface area contributed by atoms with Crippen molar-refractivity contribution in [1.29, 1.82) is 0 Å². The smallest absolute Gasteiger partial charge is 0.165 e. The van der Waals surface area contributed by atoms with Gasteiger partial charge < -0.3 is 0 Å². The standard InChI is InChI=1S/4C21H16N4/c1-15-23-20(17-10-6-3-7-11-17)25-21(24-15)18-12-13-19(22-14-18)16-8-4-2-5-9-16;1-15-23-20(17-7-3-2-4-8-17)25-21(24-15)18-12-10-16(11-13-18)19-9-5-6-14-22-19;1-15-23-20(17-10-12-22-13-11-17)25-21(24-15)19-9-5-8-18(14-19)16-6-3-2-4-7-16;1-15-23-20(25-21(24-15)19-11-13-22-14-12-19)18-9-7-17(8-10-18)16-5-3-2-4-6-16/h4*2-14H,1H3. The lowest BCUT2D eigenvalue weighted by Gasteiger charge is -2.07. The molecular formula is C84H64N16. The molecule has 0 N–H and O–H groups in total. The lowest BCUT2D eigenvalue weighted by molar-refractivity contribution is 0.990. The molecule has 480 valence electrons. The van der Waals surface area contributed by atoms with Gasteiger partial charge in [0.2, 0.25) is 0 Å². The first-order chi connectivity index (χ1) is 49.2. The van der Waals surface area contributed by atoms with Crippen LogP contribution < -0.4 is 0 Å². The van der Waals surface area contributed by atoms with Crippen molar-refractivity contribution < 1.29 is 0 Å². The SMILES string of the molecule is Cc1nc(-c2ccccc2)nc(-c2ccc(-c3ccccc3)nc2)n1.Cc1nc(-c2ccccc2)nc(-c2ccc(-c3ccccn3)cc2)n1.Cc1nc(-c2ccncc2)nc(-c2ccc(-c3ccccc3)cc2)n1.Cc1nc(-c2ccncc2)nc(-c2cccc(-c3ccccc3)c2)n1. The van der Waals surface area contributed by atoms with Gasteiger partial charge in [-0.15, -0.1) is 0 Å². The quantitative estimate of drug-likeness (QED) is 0.111. The summed E-state index contributed by atoms with van der Waals surface area (Å²) < 4.78 is 0. The molecule has 0 saturated heterocycles. The topological polar surface area (TPSA) is 206 Å². The van der Waals surface area contributed by atoms with Gasteiger partial charge in [-0.05, 0) is 105 Å². The van der Waals surface area contributed by atoms with Crippen LogP contribution in [-0.4, -0.2) is 79.7 Å². The molecule has 0 amide bonds. The number of rotatable bonds is 12. The molecule has 8 aromatic carbocycles. The Morgan fingerprint density at radius 1 is 0.170 bits per heavy atom. The van der Waals surface area contributed by atoms with E-state index in [4.69, 9.17) is 0 Å². The number of pyridine rings is 4. The summed E-state index contributed by atoms with van der Waals surface area (Å²) in [6.45, 7) is 7.54. The van der Waals surface area contributed by atoms with Crippen molar-refractivity contribution in [3.63, 3.8) is 0 Å². The maximum Gasteiger partial charge on any atom is 0.165 e. The first kappa shape index (κ1) is 65.1. The zero-order chi connectivity index (χ0) is 68.2. The van der Waals surface area contributed by atoms with Crippen molar-refractivity contribution in [3.8, 4) is 136 Å². The Morgan fingerprint density at radius 3 is 0.830 bits per heavy atom. The Labute approximate surface area is 579 Å². The number of aromatic nitrogens is 16. The third kappa shape index (κ3) is 16.9. The summed E-state index contributed by atoms with van der Waals surface area (Å²) in [7, 11) is 0. The highest BCUT2D eigenvalue weighted by atomic mass is 15.1. The van der Waals surface area contributed by atoms with Crippen molar-refractivity contribution in [3.05, 3.63) is 340 Å². The summed E-state index contributed by atoms with van der Waals surface area (Å²) in [6.07, 6.45) is 10.6. The lowest BCUT2D eigenvalue weighted by Crippen LogP contribution is -1.99. The third-order valence-corrected chi connectivity index (χ3v) is 15.6. The monoisotopic (exact) mass is 1300 g/mol. The molecule has 16 rings (SSSR count). The van der Waals surface area contributed by atoms with Crippen molar-refractivity contribution in [2.75, 3.05) is 0 Å². The lowest BCUT2D eigenvalue weighted by atomic mass is 10.0. The van der Waals surface area contributed by atoms with Gasteiger partial charge in [0.15, 0.2) is 46.6 Å². The summed E-state index contributed by atoms with van der Waals surface area (Å²) in [5.41, 5.74) is 16.3. The second-order valence-electron chi connectivity index (χ2n) is 22.8. The van der Waals surface area contributed by atoms with Gasteiger partial charge >= 0.3 is 0 Å². The molecule has 0 atom stereocenters. The number of benzene rings is 8. The van der Waals surface area contributed by atoms with Crippen LogP contribution >= 0.6 is 0 Å². The van der Waals surface area contributed by atoms with Crippen molar-refractivity contribution in [2.45, 2.75) is 27.7 Å². The molecule has 0 aliphatic rings. The first-order valence-corrected chi connectivity index (χ1v) is 32.4. The molecule has 0 spiro atoms. The number of hydrogen-bond acceptors (Lipinski definition) is 16. The van der Waals surface area contributed by atoms with E-state index in [-0.39, 0.29) is 0 Å². The van der Waals surface area contributed by atoms with Crippen molar-refractivity contribution in [2.24, 2.45) is 0 Å². The molecule has 0 radical (unpaired) electrons. The molecule has 8 aromatic heterocycles. The zero-order valence-electron chi connectivity index (χ0n) is 55.2. The Morgan fingerprint density at radius 2 is 0.440 bits per heavy atom. The minimum Gasteiger partial charge on any atom is -0.265 e. The van der Waals surface area contributed by atoms with Crippen LogP contribution in [0.4, 0.5) is 0 Å². The van der Waals surface area contributed by atoms with E-state index >= 15 is 0 Å². The minimum absolute atomic E-state index is 0.637. The molecule has 8 heterocycles. The fourth-order valence-electron chi connectivity index (χ4n) is 10.7. The molecule has 0 bridgehead atoms. The summed E-state index contributed by atoms with van der Waals surface area (Å²) in [4.78, 5) is 71.4. The van der Waals surface area contributed by atoms with E-state index in [0.29, 0.717) is 69.9 Å². The van der Waals surface area contributed by atoms with Crippen LogP contribution in [0.1, 0.15) is 23.3 Å². The fraction of sp³-hybridized carbons (Fsp3) is 0.0476. The third-order valence-electron chi connectivity index (χ3n) is 15.6. The van der Waals surface area contributed by atoms with Crippen molar-refractivity contribution >= 4 is 0 Å². The second-order valence-corrected chi connectivity index (χ2v) is 22.8. The van der Waals surface area contributed by atoms with Gasteiger partial charge in [-0.2, -0.15) is 0 Å². The average Bonchev–Trinajstić information content (AvgIpc) is 0.838. The highest BCUT2D eigenvalue weighted by molar-refractivity contribution is 5.73. The number of nitrogens with zero attached hydrogens (tertiary/aromatic N) is 16. The fourth-order valence-corrected chi connectivity index (χ4v) is 10.7. The molecule has 0 saturated carbocycles. The molecule has 100 heavy (non-hydrogen) atoms. The van der Waals surface area contributed by atoms with E-state index in [1.165, 1.54) is 16.7 Å². The molecule has 16 aromatic rings. The van der Waals surface area contributed by atoms with Crippen molar-refractivity contribution in [1.82, 2.24) is 79.7 Å². The summed E-state index contributed by atoms with van der Waals surface area (Å²) in [6, 6.07) is 92.7. The van der Waals surface area contributed by atoms with Crippen LogP contribution in [0.3, 0.4) is 0 Å². The maximum absolute atomic E-state index is 4.66. The first-order valence-electron chi connectivity index (χ1n) is 32.4. The van der Waals surface area contributed by atoms with E-state index in [1.54, 1.807) is 31.0 Å². The Hall–Kier alpha value is -13.6. The Kier molecular flexibility index (Phi) is 20.7. The number of hydrogen-bond donors (Lipinski definition) is 0. The van der Waals surface area contributed by atoms with Crippen LogP contribution in [0, 0.1) is 27.7 Å².